The van der Waals surface area contributed by atoms with Gasteiger partial charge in [-0.15, -0.1) is 0 Å². The van der Waals surface area contributed by atoms with E-state index in [9.17, 15) is 9.59 Å². The van der Waals surface area contributed by atoms with E-state index in [1.54, 1.807) is 42.8 Å². The van der Waals surface area contributed by atoms with Gasteiger partial charge in [0, 0.05) is 17.8 Å². The molecule has 0 fully saturated rings. The second-order valence-electron chi connectivity index (χ2n) is 4.66. The fourth-order valence-corrected chi connectivity index (χ4v) is 2.76. The average Bonchev–Trinajstić information content (AvgIpc) is 2.83. The molecule has 24 heavy (non-hydrogen) atoms. The highest BCUT2D eigenvalue weighted by Gasteiger charge is 2.23. The number of nitrogens with zero attached hydrogens (tertiary/aromatic N) is 2. The van der Waals surface area contributed by atoms with Gasteiger partial charge in [-0.1, -0.05) is 29.4 Å². The van der Waals surface area contributed by atoms with Gasteiger partial charge >= 0.3 is 12.0 Å². The smallest absolute Gasteiger partial charge is 0.358 e. The van der Waals surface area contributed by atoms with Crippen LogP contribution in [0.15, 0.2) is 29.4 Å². The SMILES string of the molecule is CCOC(=O)c1c(NC(=O)Nc2cccc(Cl)c2)nc(SC)n1C. The van der Waals surface area contributed by atoms with Crippen molar-refractivity contribution in [3.8, 4) is 0 Å². The Hall–Kier alpha value is -2.19. The van der Waals surface area contributed by atoms with Crippen LogP contribution in [0.1, 0.15) is 17.4 Å². The van der Waals surface area contributed by atoms with Gasteiger partial charge in [-0.3, -0.25) is 5.32 Å². The molecular weight excluding hydrogens is 352 g/mol. The van der Waals surface area contributed by atoms with Crippen LogP contribution in [0.5, 0.6) is 0 Å². The Balaban J connectivity index is 2.21. The molecule has 0 saturated carbocycles. The number of carbonyl (C=O) groups is 2. The zero-order chi connectivity index (χ0) is 17.7. The lowest BCUT2D eigenvalue weighted by Gasteiger charge is -2.08. The highest BCUT2D eigenvalue weighted by Crippen LogP contribution is 2.23. The number of hydrogen-bond donors (Lipinski definition) is 2. The molecular formula is C15H17ClN4O3S. The Morgan fingerprint density at radius 2 is 2.12 bits per heavy atom. The third kappa shape index (κ3) is 4.21. The van der Waals surface area contributed by atoms with Crippen LogP contribution in [0.3, 0.4) is 0 Å². The van der Waals surface area contributed by atoms with E-state index in [0.717, 1.165) is 0 Å². The molecule has 0 saturated heterocycles. The highest BCUT2D eigenvalue weighted by molar-refractivity contribution is 7.98. The number of imidazole rings is 1. The van der Waals surface area contributed by atoms with E-state index in [4.69, 9.17) is 16.3 Å². The van der Waals surface area contributed by atoms with E-state index in [1.807, 2.05) is 6.26 Å². The monoisotopic (exact) mass is 368 g/mol. The number of anilines is 2. The number of aromatic nitrogens is 2. The number of benzene rings is 1. The fourth-order valence-electron chi connectivity index (χ4n) is 2.02. The lowest BCUT2D eigenvalue weighted by Crippen LogP contribution is -2.22. The van der Waals surface area contributed by atoms with E-state index in [-0.39, 0.29) is 18.1 Å². The van der Waals surface area contributed by atoms with Crippen molar-refractivity contribution in [3.05, 3.63) is 35.0 Å². The molecule has 1 aromatic carbocycles. The summed E-state index contributed by atoms with van der Waals surface area (Å²) < 4.78 is 6.61. The molecule has 0 radical (unpaired) electrons. The summed E-state index contributed by atoms with van der Waals surface area (Å²) in [6.07, 6.45) is 1.83. The number of ether oxygens (including phenoxy) is 1. The van der Waals surface area contributed by atoms with Crippen molar-refractivity contribution >= 4 is 46.9 Å². The predicted molar refractivity (Wildman–Crippen MR) is 95.0 cm³/mol. The van der Waals surface area contributed by atoms with Gasteiger partial charge in [-0.05, 0) is 31.4 Å². The number of carbonyl (C=O) groups excluding carboxylic acids is 2. The van der Waals surface area contributed by atoms with Gasteiger partial charge in [0.05, 0.1) is 6.61 Å². The Morgan fingerprint density at radius 3 is 2.75 bits per heavy atom. The molecule has 2 rings (SSSR count). The van der Waals surface area contributed by atoms with Gasteiger partial charge in [-0.2, -0.15) is 0 Å². The summed E-state index contributed by atoms with van der Waals surface area (Å²) in [5.74, 6) is -0.411. The van der Waals surface area contributed by atoms with Gasteiger partial charge in [0.15, 0.2) is 16.7 Å². The zero-order valence-electron chi connectivity index (χ0n) is 13.4. The number of urea groups is 1. The number of esters is 1. The van der Waals surface area contributed by atoms with E-state index in [2.05, 4.69) is 15.6 Å². The maximum Gasteiger partial charge on any atom is 0.358 e. The normalized spacial score (nSPS) is 10.3. The van der Waals surface area contributed by atoms with Gasteiger partial charge in [0.1, 0.15) is 0 Å². The van der Waals surface area contributed by atoms with Crippen LogP contribution in [0.2, 0.25) is 5.02 Å². The first kappa shape index (κ1) is 18.2. The second-order valence-corrected chi connectivity index (χ2v) is 5.87. The summed E-state index contributed by atoms with van der Waals surface area (Å²) >= 11 is 7.24. The van der Waals surface area contributed by atoms with E-state index in [1.165, 1.54) is 11.8 Å². The molecule has 2 aromatic rings. The molecule has 0 bridgehead atoms. The number of amides is 2. The lowest BCUT2D eigenvalue weighted by molar-refractivity contribution is 0.0515. The summed E-state index contributed by atoms with van der Waals surface area (Å²) in [4.78, 5) is 28.5. The zero-order valence-corrected chi connectivity index (χ0v) is 15.0. The molecule has 7 nitrogen and oxygen atoms in total. The van der Waals surface area contributed by atoms with Crippen molar-refractivity contribution in [2.24, 2.45) is 7.05 Å². The van der Waals surface area contributed by atoms with Crippen LogP contribution in [-0.4, -0.2) is 34.4 Å². The number of thioether (sulfide) groups is 1. The largest absolute Gasteiger partial charge is 0.461 e. The molecule has 2 N–H and O–H groups in total. The summed E-state index contributed by atoms with van der Waals surface area (Å²) in [7, 11) is 1.69. The summed E-state index contributed by atoms with van der Waals surface area (Å²) in [5.41, 5.74) is 0.709. The molecule has 0 spiro atoms. The third-order valence-corrected chi connectivity index (χ3v) is 3.99. The summed E-state index contributed by atoms with van der Waals surface area (Å²) in [5, 5.41) is 6.29. The van der Waals surface area contributed by atoms with Crippen LogP contribution in [0.4, 0.5) is 16.3 Å². The third-order valence-electron chi connectivity index (χ3n) is 3.02. The van der Waals surface area contributed by atoms with Gasteiger partial charge in [0.25, 0.3) is 0 Å². The van der Waals surface area contributed by atoms with Crippen LogP contribution in [0.25, 0.3) is 0 Å². The minimum atomic E-state index is -0.550. The Labute approximate surface area is 148 Å². The second kappa shape index (κ2) is 8.07. The Morgan fingerprint density at radius 1 is 1.38 bits per heavy atom. The highest BCUT2D eigenvalue weighted by atomic mass is 35.5. The molecule has 1 heterocycles. The van der Waals surface area contributed by atoms with Gasteiger partial charge in [-0.25, -0.2) is 14.6 Å². The van der Waals surface area contributed by atoms with E-state index >= 15 is 0 Å². The Bertz CT molecular complexity index is 763. The van der Waals surface area contributed by atoms with Crippen LogP contribution in [-0.2, 0) is 11.8 Å². The number of nitrogens with one attached hydrogen (secondary N) is 2. The number of hydrogen-bond acceptors (Lipinski definition) is 5. The molecule has 1 aromatic heterocycles. The van der Waals surface area contributed by atoms with Crippen LogP contribution < -0.4 is 10.6 Å². The van der Waals surface area contributed by atoms with Crippen molar-refractivity contribution < 1.29 is 14.3 Å². The topological polar surface area (TPSA) is 85.2 Å². The standard InChI is InChI=1S/C15H17ClN4O3S/c1-4-23-13(21)11-12(19-15(24-3)20(11)2)18-14(22)17-10-7-5-6-9(16)8-10/h5-8H,4H2,1-3H3,(H2,17,18,22). The first-order valence-corrected chi connectivity index (χ1v) is 8.68. The number of halogens is 1. The molecule has 0 aliphatic heterocycles. The van der Waals surface area contributed by atoms with E-state index < -0.39 is 12.0 Å². The van der Waals surface area contributed by atoms with Crippen LogP contribution >= 0.6 is 23.4 Å². The minimum Gasteiger partial charge on any atom is -0.461 e. The van der Waals surface area contributed by atoms with Crippen LogP contribution in [0, 0.1) is 0 Å². The van der Waals surface area contributed by atoms with Crippen molar-refractivity contribution in [3.63, 3.8) is 0 Å². The summed E-state index contributed by atoms with van der Waals surface area (Å²) in [6, 6.07) is 6.19. The van der Waals surface area contributed by atoms with Crippen molar-refractivity contribution in [1.29, 1.82) is 0 Å². The molecule has 0 aliphatic rings. The lowest BCUT2D eigenvalue weighted by atomic mass is 10.3. The summed E-state index contributed by atoms with van der Waals surface area (Å²) in [6.45, 7) is 1.94. The molecule has 0 aliphatic carbocycles. The Kier molecular flexibility index (Phi) is 6.10. The molecule has 128 valence electrons. The average molecular weight is 369 g/mol. The van der Waals surface area contributed by atoms with Crippen molar-refractivity contribution in [1.82, 2.24) is 9.55 Å². The first-order valence-electron chi connectivity index (χ1n) is 7.07. The molecule has 2 amide bonds. The maximum absolute atomic E-state index is 12.2. The first-order chi connectivity index (χ1) is 11.5. The number of rotatable bonds is 5. The predicted octanol–water partition coefficient (Wildman–Crippen LogP) is 3.62. The minimum absolute atomic E-state index is 0.139. The molecule has 0 unspecified atom stereocenters. The van der Waals surface area contributed by atoms with Crippen molar-refractivity contribution in [2.45, 2.75) is 12.1 Å². The molecule has 0 atom stereocenters. The molecule has 9 heteroatoms. The van der Waals surface area contributed by atoms with Gasteiger partial charge in [0.2, 0.25) is 0 Å². The van der Waals surface area contributed by atoms with Crippen molar-refractivity contribution in [2.75, 3.05) is 23.5 Å². The fraction of sp³-hybridized carbons (Fsp3) is 0.267. The maximum atomic E-state index is 12.2. The van der Waals surface area contributed by atoms with Gasteiger partial charge < -0.3 is 14.6 Å². The quantitative estimate of drug-likeness (QED) is 0.622. The van der Waals surface area contributed by atoms with E-state index in [0.29, 0.717) is 15.9 Å².